The summed E-state index contributed by atoms with van der Waals surface area (Å²) in [5.41, 5.74) is 1.60. The van der Waals surface area contributed by atoms with Crippen LogP contribution in [0.2, 0.25) is 0 Å². The van der Waals surface area contributed by atoms with Crippen molar-refractivity contribution in [1.29, 1.82) is 0 Å². The summed E-state index contributed by atoms with van der Waals surface area (Å²) in [5.74, 6) is 2.63. The standard InChI is InChI=1S/C16H18FN2OS/c1-21(2)10-8-12-6-7-14-13(11-12)16(17)18-19(14)15-5-3-4-9-20-15/h6-7,11,15H,3-5,9H2,1-2H3/q+1. The summed E-state index contributed by atoms with van der Waals surface area (Å²) in [6, 6.07) is 5.58. The second-order valence-corrected chi connectivity index (χ2v) is 7.17. The van der Waals surface area contributed by atoms with Gasteiger partial charge in [0.05, 0.1) is 21.8 Å². The van der Waals surface area contributed by atoms with Gasteiger partial charge in [0.1, 0.15) is 12.5 Å². The molecule has 2 heterocycles. The third-order valence-corrected chi connectivity index (χ3v) is 4.00. The van der Waals surface area contributed by atoms with Crippen LogP contribution in [-0.4, -0.2) is 28.9 Å². The van der Waals surface area contributed by atoms with Crippen molar-refractivity contribution in [3.63, 3.8) is 0 Å². The molecule has 1 aliphatic rings. The van der Waals surface area contributed by atoms with Crippen molar-refractivity contribution in [2.45, 2.75) is 25.5 Å². The fourth-order valence-corrected chi connectivity index (χ4v) is 2.80. The van der Waals surface area contributed by atoms with Crippen LogP contribution in [-0.2, 0) is 15.6 Å². The Bertz CT molecular complexity index is 708. The number of fused-ring (bicyclic) bond motifs is 1. The van der Waals surface area contributed by atoms with Crippen molar-refractivity contribution in [1.82, 2.24) is 9.78 Å². The van der Waals surface area contributed by atoms with E-state index in [4.69, 9.17) is 4.74 Å². The van der Waals surface area contributed by atoms with Crippen LogP contribution in [0.5, 0.6) is 0 Å². The predicted molar refractivity (Wildman–Crippen MR) is 84.6 cm³/mol. The van der Waals surface area contributed by atoms with E-state index in [1.165, 1.54) is 0 Å². The summed E-state index contributed by atoms with van der Waals surface area (Å²) < 4.78 is 21.5. The second-order valence-electron chi connectivity index (χ2n) is 5.33. The zero-order valence-electron chi connectivity index (χ0n) is 12.2. The minimum atomic E-state index is -0.449. The number of hydrogen-bond donors (Lipinski definition) is 0. The molecule has 0 N–H and O–H groups in total. The minimum absolute atomic E-state index is 0.0505. The zero-order chi connectivity index (χ0) is 14.8. The molecule has 1 atom stereocenters. The average Bonchev–Trinajstić information content (AvgIpc) is 2.83. The van der Waals surface area contributed by atoms with Gasteiger partial charge in [-0.2, -0.15) is 4.39 Å². The van der Waals surface area contributed by atoms with E-state index in [9.17, 15) is 4.39 Å². The van der Waals surface area contributed by atoms with Crippen LogP contribution < -0.4 is 0 Å². The maximum Gasteiger partial charge on any atom is 0.240 e. The molecule has 2 aromatic rings. The first-order chi connectivity index (χ1) is 10.1. The molecule has 1 aromatic carbocycles. The Labute approximate surface area is 126 Å². The third kappa shape index (κ3) is 3.07. The minimum Gasteiger partial charge on any atom is -0.356 e. The van der Waals surface area contributed by atoms with Crippen molar-refractivity contribution >= 4 is 21.8 Å². The van der Waals surface area contributed by atoms with E-state index in [-0.39, 0.29) is 17.1 Å². The topological polar surface area (TPSA) is 27.1 Å². The number of halogens is 1. The summed E-state index contributed by atoms with van der Waals surface area (Å²) in [4.78, 5) is 0. The molecule has 0 spiro atoms. The van der Waals surface area contributed by atoms with Gasteiger partial charge in [0.2, 0.25) is 5.95 Å². The van der Waals surface area contributed by atoms with Gasteiger partial charge in [-0.25, -0.2) is 4.68 Å². The molecule has 0 radical (unpaired) electrons. The van der Waals surface area contributed by atoms with E-state index in [0.717, 1.165) is 30.3 Å². The van der Waals surface area contributed by atoms with Crippen LogP contribution in [0.15, 0.2) is 18.2 Å². The number of nitrogens with zero attached hydrogens (tertiary/aromatic N) is 2. The van der Waals surface area contributed by atoms with E-state index in [0.29, 0.717) is 12.0 Å². The van der Waals surface area contributed by atoms with Crippen LogP contribution >= 0.6 is 0 Å². The van der Waals surface area contributed by atoms with Gasteiger partial charge in [0.25, 0.3) is 0 Å². The lowest BCUT2D eigenvalue weighted by molar-refractivity contribution is -0.0375. The number of benzene rings is 1. The van der Waals surface area contributed by atoms with Crippen molar-refractivity contribution in [2.24, 2.45) is 0 Å². The third-order valence-electron chi connectivity index (χ3n) is 3.49. The molecule has 5 heteroatoms. The van der Waals surface area contributed by atoms with Crippen molar-refractivity contribution in [2.75, 3.05) is 19.1 Å². The Morgan fingerprint density at radius 3 is 2.95 bits per heavy atom. The number of rotatable bonds is 1. The number of aromatic nitrogens is 2. The van der Waals surface area contributed by atoms with Crippen molar-refractivity contribution in [3.8, 4) is 11.2 Å². The molecule has 0 bridgehead atoms. The van der Waals surface area contributed by atoms with Crippen LogP contribution in [0.3, 0.4) is 0 Å². The van der Waals surface area contributed by atoms with E-state index < -0.39 is 5.95 Å². The lowest BCUT2D eigenvalue weighted by Gasteiger charge is -2.23. The summed E-state index contributed by atoms with van der Waals surface area (Å²) >= 11 is 0. The van der Waals surface area contributed by atoms with Gasteiger partial charge in [0, 0.05) is 12.2 Å². The van der Waals surface area contributed by atoms with Gasteiger partial charge < -0.3 is 4.74 Å². The number of hydrogen-bond acceptors (Lipinski definition) is 2. The van der Waals surface area contributed by atoms with E-state index in [1.54, 1.807) is 10.7 Å². The fraction of sp³-hybridized carbons (Fsp3) is 0.438. The fourth-order valence-electron chi connectivity index (χ4n) is 2.48. The Hall–Kier alpha value is -1.51. The lowest BCUT2D eigenvalue weighted by Crippen LogP contribution is -2.19. The molecular weight excluding hydrogens is 287 g/mol. The molecule has 110 valence electrons. The zero-order valence-corrected chi connectivity index (χ0v) is 13.0. The summed E-state index contributed by atoms with van der Waals surface area (Å²) in [6.07, 6.45) is 7.00. The second kappa shape index (κ2) is 6.08. The maximum absolute atomic E-state index is 14.1. The Balaban J connectivity index is 2.00. The van der Waals surface area contributed by atoms with Gasteiger partial charge in [-0.05, 0) is 43.4 Å². The molecule has 1 fully saturated rings. The summed E-state index contributed by atoms with van der Waals surface area (Å²) in [6.45, 7) is 0.715. The first-order valence-corrected chi connectivity index (χ1v) is 9.08. The average molecular weight is 305 g/mol. The van der Waals surface area contributed by atoms with Gasteiger partial charge in [0.15, 0.2) is 11.5 Å². The molecule has 1 unspecified atom stereocenters. The molecular formula is C16H18FN2OS+. The van der Waals surface area contributed by atoms with Crippen molar-refractivity contribution < 1.29 is 9.13 Å². The normalized spacial score (nSPS) is 18.8. The number of ether oxygens (including phenoxy) is 1. The smallest absolute Gasteiger partial charge is 0.240 e. The van der Waals surface area contributed by atoms with E-state index in [1.807, 2.05) is 12.1 Å². The SMILES string of the molecule is C[S+](C)C#Cc1ccc2c(c1)c(F)nn2C1CCCCO1. The molecule has 0 aliphatic carbocycles. The molecule has 1 aliphatic heterocycles. The van der Waals surface area contributed by atoms with Crippen molar-refractivity contribution in [3.05, 3.63) is 29.7 Å². The highest BCUT2D eigenvalue weighted by Gasteiger charge is 2.21. The highest BCUT2D eigenvalue weighted by atomic mass is 32.2. The predicted octanol–water partition coefficient (Wildman–Crippen LogP) is 3.06. The monoisotopic (exact) mass is 305 g/mol. The summed E-state index contributed by atoms with van der Waals surface area (Å²) in [5, 5.41) is 7.66. The molecule has 0 amide bonds. The molecule has 3 nitrogen and oxygen atoms in total. The Kier molecular flexibility index (Phi) is 4.18. The lowest BCUT2D eigenvalue weighted by atomic mass is 10.1. The van der Waals surface area contributed by atoms with Crippen LogP contribution in [0.25, 0.3) is 10.9 Å². The highest BCUT2D eigenvalue weighted by Crippen LogP contribution is 2.28. The first kappa shape index (κ1) is 14.4. The van der Waals surface area contributed by atoms with Crippen LogP contribution in [0.1, 0.15) is 31.1 Å². The van der Waals surface area contributed by atoms with Gasteiger partial charge >= 0.3 is 0 Å². The van der Waals surface area contributed by atoms with Gasteiger partial charge in [-0.15, -0.1) is 5.10 Å². The van der Waals surface area contributed by atoms with Gasteiger partial charge in [-0.1, -0.05) is 0 Å². The van der Waals surface area contributed by atoms with E-state index >= 15 is 0 Å². The molecule has 21 heavy (non-hydrogen) atoms. The molecule has 1 aromatic heterocycles. The Morgan fingerprint density at radius 1 is 1.38 bits per heavy atom. The Morgan fingerprint density at radius 2 is 2.24 bits per heavy atom. The molecule has 3 rings (SSSR count). The highest BCUT2D eigenvalue weighted by molar-refractivity contribution is 8.00. The maximum atomic E-state index is 14.1. The first-order valence-electron chi connectivity index (χ1n) is 7.04. The summed E-state index contributed by atoms with van der Waals surface area (Å²) in [7, 11) is 0.0505. The van der Waals surface area contributed by atoms with Crippen LogP contribution in [0, 0.1) is 17.1 Å². The molecule has 1 saturated heterocycles. The largest absolute Gasteiger partial charge is 0.356 e. The van der Waals surface area contributed by atoms with Crippen LogP contribution in [0.4, 0.5) is 4.39 Å². The quantitative estimate of drug-likeness (QED) is 0.598. The van der Waals surface area contributed by atoms with Gasteiger partial charge in [-0.3, -0.25) is 0 Å². The molecule has 0 saturated carbocycles. The van der Waals surface area contributed by atoms with E-state index in [2.05, 4.69) is 28.8 Å².